The lowest BCUT2D eigenvalue weighted by Crippen LogP contribution is -2.10. The quantitative estimate of drug-likeness (QED) is 0.519. The second kappa shape index (κ2) is 5.98. The van der Waals surface area contributed by atoms with Crippen molar-refractivity contribution in [2.24, 2.45) is 0 Å². The van der Waals surface area contributed by atoms with Crippen LogP contribution in [0, 0.1) is 0 Å². The van der Waals surface area contributed by atoms with E-state index >= 15 is 0 Å². The average Bonchev–Trinajstić information content (AvgIpc) is 3.17. The van der Waals surface area contributed by atoms with Crippen molar-refractivity contribution in [3.63, 3.8) is 0 Å². The number of carbonyl (C=O) groups is 1. The molecule has 1 aromatic heterocycles. The van der Waals surface area contributed by atoms with Crippen molar-refractivity contribution in [2.45, 2.75) is 5.92 Å². The molecule has 118 valence electrons. The largest absolute Gasteiger partial charge is 0.441 e. The van der Waals surface area contributed by atoms with Crippen molar-refractivity contribution in [3.05, 3.63) is 82.5 Å². The number of aromatic nitrogens is 1. The number of fused-ring (bicyclic) bond motifs is 1. The van der Waals surface area contributed by atoms with Gasteiger partial charge in [-0.05, 0) is 23.8 Å². The molecule has 0 saturated carbocycles. The van der Waals surface area contributed by atoms with Gasteiger partial charge in [0.2, 0.25) is 5.89 Å². The summed E-state index contributed by atoms with van der Waals surface area (Å²) in [5.41, 5.74) is 1.66. The van der Waals surface area contributed by atoms with E-state index in [0.29, 0.717) is 22.4 Å². The number of rotatable bonds is 3. The topological polar surface area (TPSA) is 52.3 Å². The number of esters is 1. The van der Waals surface area contributed by atoms with Gasteiger partial charge < -0.3 is 9.15 Å². The van der Waals surface area contributed by atoms with Crippen molar-refractivity contribution in [2.75, 3.05) is 0 Å². The Bertz CT molecular complexity index is 945. The molecule has 1 aliphatic rings. The van der Waals surface area contributed by atoms with Gasteiger partial charge in [0.05, 0.1) is 6.20 Å². The van der Waals surface area contributed by atoms with Crippen LogP contribution < -0.4 is 4.74 Å². The van der Waals surface area contributed by atoms with E-state index in [-0.39, 0.29) is 5.97 Å². The molecule has 2 aromatic carbocycles. The molecule has 0 saturated heterocycles. The lowest BCUT2D eigenvalue weighted by atomic mass is 9.99. The molecule has 4 nitrogen and oxygen atoms in total. The minimum absolute atomic E-state index is 0.353. The summed E-state index contributed by atoms with van der Waals surface area (Å²) < 4.78 is 11.0. The number of hydrogen-bond acceptors (Lipinski definition) is 4. The predicted molar refractivity (Wildman–Crippen MR) is 90.8 cm³/mol. The Kier molecular flexibility index (Phi) is 3.67. The number of oxazole rings is 1. The monoisotopic (exact) mass is 337 g/mol. The minimum Gasteiger partial charge on any atom is -0.441 e. The molecule has 0 amide bonds. The zero-order chi connectivity index (χ0) is 16.5. The number of carbonyl (C=O) groups excluding carboxylic acids is 1. The third-order valence-electron chi connectivity index (χ3n) is 3.81. The highest BCUT2D eigenvalue weighted by molar-refractivity contribution is 6.32. The van der Waals surface area contributed by atoms with E-state index in [2.05, 4.69) is 4.98 Å². The molecule has 0 bridgehead atoms. The Morgan fingerprint density at radius 1 is 1.04 bits per heavy atom. The van der Waals surface area contributed by atoms with Crippen molar-refractivity contribution in [1.29, 1.82) is 0 Å². The third kappa shape index (κ3) is 2.61. The van der Waals surface area contributed by atoms with Crippen molar-refractivity contribution in [1.82, 2.24) is 4.98 Å². The highest BCUT2D eigenvalue weighted by atomic mass is 35.5. The fourth-order valence-electron chi connectivity index (χ4n) is 2.66. The normalized spacial score (nSPS) is 16.4. The molecule has 5 heteroatoms. The summed E-state index contributed by atoms with van der Waals surface area (Å²) >= 11 is 6.11. The molecule has 0 aliphatic carbocycles. The van der Waals surface area contributed by atoms with Crippen LogP contribution in [0.1, 0.15) is 28.7 Å². The number of halogens is 1. The second-order valence-corrected chi connectivity index (χ2v) is 5.75. The van der Waals surface area contributed by atoms with Gasteiger partial charge in [0.25, 0.3) is 0 Å². The SMILES string of the molecule is O=C1Oc2ccccc2C1c1cnc(/C=C/c2ccccc2Cl)o1. The van der Waals surface area contributed by atoms with Gasteiger partial charge in [-0.25, -0.2) is 4.98 Å². The highest BCUT2D eigenvalue weighted by Crippen LogP contribution is 2.39. The van der Waals surface area contributed by atoms with E-state index in [0.717, 1.165) is 11.1 Å². The molecule has 1 atom stereocenters. The Labute approximate surface area is 143 Å². The lowest BCUT2D eigenvalue weighted by molar-refractivity contribution is -0.133. The summed E-state index contributed by atoms with van der Waals surface area (Å²) in [6.45, 7) is 0. The summed E-state index contributed by atoms with van der Waals surface area (Å²) in [7, 11) is 0. The number of para-hydroxylation sites is 1. The van der Waals surface area contributed by atoms with Gasteiger partial charge in [-0.15, -0.1) is 0 Å². The number of nitrogens with zero attached hydrogens (tertiary/aromatic N) is 1. The van der Waals surface area contributed by atoms with E-state index in [9.17, 15) is 4.79 Å². The van der Waals surface area contributed by atoms with Crippen molar-refractivity contribution in [3.8, 4) is 5.75 Å². The maximum absolute atomic E-state index is 12.1. The van der Waals surface area contributed by atoms with Gasteiger partial charge in [0.15, 0.2) is 0 Å². The summed E-state index contributed by atoms with van der Waals surface area (Å²) in [6.07, 6.45) is 5.09. The molecule has 2 heterocycles. The molecule has 0 fully saturated rings. The Balaban J connectivity index is 1.62. The first kappa shape index (κ1) is 14.7. The second-order valence-electron chi connectivity index (χ2n) is 5.35. The van der Waals surface area contributed by atoms with E-state index < -0.39 is 5.92 Å². The molecule has 0 spiro atoms. The Hall–Kier alpha value is -2.85. The van der Waals surface area contributed by atoms with Gasteiger partial charge in [-0.2, -0.15) is 0 Å². The molecule has 1 aliphatic heterocycles. The third-order valence-corrected chi connectivity index (χ3v) is 4.16. The molecular weight excluding hydrogens is 326 g/mol. The molecule has 0 radical (unpaired) electrons. The van der Waals surface area contributed by atoms with Crippen LogP contribution in [0.5, 0.6) is 5.75 Å². The van der Waals surface area contributed by atoms with Crippen LogP contribution in [-0.4, -0.2) is 11.0 Å². The van der Waals surface area contributed by atoms with Crippen LogP contribution in [-0.2, 0) is 4.79 Å². The Morgan fingerprint density at radius 3 is 2.71 bits per heavy atom. The van der Waals surface area contributed by atoms with Crippen molar-refractivity contribution >= 4 is 29.7 Å². The predicted octanol–water partition coefficient (Wildman–Crippen LogP) is 4.55. The summed E-state index contributed by atoms with van der Waals surface area (Å²) in [4.78, 5) is 16.3. The molecule has 4 rings (SSSR count). The van der Waals surface area contributed by atoms with Gasteiger partial charge in [0.1, 0.15) is 17.4 Å². The number of benzene rings is 2. The Morgan fingerprint density at radius 2 is 1.83 bits per heavy atom. The van der Waals surface area contributed by atoms with Crippen LogP contribution in [0.3, 0.4) is 0 Å². The van der Waals surface area contributed by atoms with Crippen molar-refractivity contribution < 1.29 is 13.9 Å². The van der Waals surface area contributed by atoms with Gasteiger partial charge in [0, 0.05) is 16.7 Å². The molecule has 24 heavy (non-hydrogen) atoms. The van der Waals surface area contributed by atoms with Crippen LogP contribution in [0.2, 0.25) is 5.02 Å². The first-order valence-corrected chi connectivity index (χ1v) is 7.79. The van der Waals surface area contributed by atoms with E-state index in [1.54, 1.807) is 18.3 Å². The summed E-state index contributed by atoms with van der Waals surface area (Å²) in [5, 5.41) is 0.647. The number of ether oxygens (including phenoxy) is 1. The van der Waals surface area contributed by atoms with E-state index in [4.69, 9.17) is 20.8 Å². The highest BCUT2D eigenvalue weighted by Gasteiger charge is 2.36. The fourth-order valence-corrected chi connectivity index (χ4v) is 2.86. The van der Waals surface area contributed by atoms with E-state index in [1.165, 1.54) is 0 Å². The summed E-state index contributed by atoms with van der Waals surface area (Å²) in [5.74, 6) is 0.507. The maximum Gasteiger partial charge on any atom is 0.326 e. The molecule has 0 N–H and O–H groups in total. The number of hydrogen-bond donors (Lipinski definition) is 0. The standard InChI is InChI=1S/C19H12ClNO3/c20-14-7-3-1-5-12(14)9-10-17-21-11-16(23-17)18-13-6-2-4-8-15(13)24-19(18)22/h1-11,18H/b10-9+. The van der Waals surface area contributed by atoms with Gasteiger partial charge >= 0.3 is 5.97 Å². The van der Waals surface area contributed by atoms with E-state index in [1.807, 2.05) is 48.5 Å². The maximum atomic E-state index is 12.1. The average molecular weight is 338 g/mol. The first-order valence-electron chi connectivity index (χ1n) is 7.41. The van der Waals surface area contributed by atoms with Gasteiger partial charge in [-0.3, -0.25) is 4.79 Å². The summed E-state index contributed by atoms with van der Waals surface area (Å²) in [6, 6.07) is 14.8. The van der Waals surface area contributed by atoms with Gasteiger partial charge in [-0.1, -0.05) is 48.0 Å². The zero-order valence-corrected chi connectivity index (χ0v) is 13.2. The molecule has 3 aromatic rings. The molecular formula is C19H12ClNO3. The lowest BCUT2D eigenvalue weighted by Gasteiger charge is -2.01. The fraction of sp³-hybridized carbons (Fsp3) is 0.0526. The van der Waals surface area contributed by atoms with Crippen LogP contribution in [0.25, 0.3) is 12.2 Å². The van der Waals surface area contributed by atoms with Crippen LogP contribution >= 0.6 is 11.6 Å². The smallest absolute Gasteiger partial charge is 0.326 e. The zero-order valence-electron chi connectivity index (χ0n) is 12.5. The first-order chi connectivity index (χ1) is 11.7. The van der Waals surface area contributed by atoms with Crippen LogP contribution in [0.15, 0.2) is 59.1 Å². The minimum atomic E-state index is -0.573. The van der Waals surface area contributed by atoms with Crippen LogP contribution in [0.4, 0.5) is 0 Å². The molecule has 1 unspecified atom stereocenters.